The lowest BCUT2D eigenvalue weighted by molar-refractivity contribution is -0.595. The van der Waals surface area contributed by atoms with Crippen molar-refractivity contribution in [2.24, 2.45) is 0 Å². The molecule has 4 rings (SSSR count). The summed E-state index contributed by atoms with van der Waals surface area (Å²) in [4.78, 5) is 15.6. The number of thiol groups is 2. The van der Waals surface area contributed by atoms with Crippen molar-refractivity contribution in [1.29, 1.82) is 0 Å². The largest absolute Gasteiger partial charge is 0.478 e. The molecule has 1 aromatic heterocycles. The molecule has 5 nitrogen and oxygen atoms in total. The third-order valence-electron chi connectivity index (χ3n) is 5.47. The van der Waals surface area contributed by atoms with Crippen molar-refractivity contribution in [2.45, 2.75) is 4.71 Å². The summed E-state index contributed by atoms with van der Waals surface area (Å²) in [6.45, 7) is 3.85. The molecule has 3 aromatic rings. The molecule has 0 atom stereocenters. The Balaban J connectivity index is 1.40. The number of hydrogen-bond acceptors (Lipinski definition) is 5. The van der Waals surface area contributed by atoms with E-state index in [1.54, 1.807) is 24.3 Å². The molecule has 0 unspecified atom stereocenters. The minimum Gasteiger partial charge on any atom is -0.478 e. The average Bonchev–Trinajstić information content (AvgIpc) is 2.83. The van der Waals surface area contributed by atoms with Crippen molar-refractivity contribution in [3.63, 3.8) is 0 Å². The highest BCUT2D eigenvalue weighted by atomic mass is 32.2. The Morgan fingerprint density at radius 1 is 0.844 bits per heavy atom. The van der Waals surface area contributed by atoms with Gasteiger partial charge < -0.3 is 10.0 Å². The van der Waals surface area contributed by atoms with Gasteiger partial charge in [0, 0.05) is 67.3 Å². The van der Waals surface area contributed by atoms with E-state index in [-0.39, 0.29) is 10.3 Å². The third kappa shape index (κ3) is 5.46. The number of carboxylic acids is 1. The molecule has 1 aliphatic heterocycles. The zero-order chi connectivity index (χ0) is 22.5. The van der Waals surface area contributed by atoms with Gasteiger partial charge in [-0.1, -0.05) is 11.8 Å². The molecule has 0 amide bonds. The number of aromatic nitrogens is 1. The van der Waals surface area contributed by atoms with Gasteiger partial charge in [-0.2, -0.15) is 4.57 Å². The standard InChI is InChI=1S/C25H23N3O2S2/c29-24(30)21-7-3-19(4-8-21)1-2-20-5-9-22(10-6-20)26-13-11-23(12-14-26)27-15-17-28(18-16-27)25(31)32/h3-14,25H,15-18H2,(H2-,29,30,31,32)/p+1. The Labute approximate surface area is 199 Å². The van der Waals surface area contributed by atoms with Crippen LogP contribution in [0.15, 0.2) is 73.1 Å². The van der Waals surface area contributed by atoms with Gasteiger partial charge in [0.25, 0.3) is 0 Å². The zero-order valence-electron chi connectivity index (χ0n) is 17.4. The summed E-state index contributed by atoms with van der Waals surface area (Å²) in [5, 5.41) is 8.97. The molecular formula is C25H24N3O2S2+. The van der Waals surface area contributed by atoms with Crippen LogP contribution >= 0.6 is 25.3 Å². The van der Waals surface area contributed by atoms with E-state index in [4.69, 9.17) is 5.11 Å². The topological polar surface area (TPSA) is 47.7 Å². The summed E-state index contributed by atoms with van der Waals surface area (Å²) >= 11 is 8.80. The van der Waals surface area contributed by atoms with Crippen molar-refractivity contribution in [3.05, 3.63) is 89.7 Å². The molecule has 32 heavy (non-hydrogen) atoms. The number of hydrogen-bond donors (Lipinski definition) is 3. The molecule has 0 saturated carbocycles. The van der Waals surface area contributed by atoms with Crippen molar-refractivity contribution < 1.29 is 14.5 Å². The molecule has 0 aliphatic carbocycles. The van der Waals surface area contributed by atoms with Gasteiger partial charge in [-0.3, -0.25) is 4.90 Å². The zero-order valence-corrected chi connectivity index (χ0v) is 19.2. The number of rotatable bonds is 4. The van der Waals surface area contributed by atoms with Crippen LogP contribution in [0.4, 0.5) is 5.69 Å². The van der Waals surface area contributed by atoms with Crippen molar-refractivity contribution >= 4 is 36.9 Å². The van der Waals surface area contributed by atoms with Gasteiger partial charge >= 0.3 is 5.97 Å². The summed E-state index contributed by atoms with van der Waals surface area (Å²) in [6, 6.07) is 18.9. The van der Waals surface area contributed by atoms with Crippen LogP contribution in [0, 0.1) is 11.8 Å². The molecule has 1 N–H and O–H groups in total. The van der Waals surface area contributed by atoms with Crippen LogP contribution in [0.3, 0.4) is 0 Å². The highest BCUT2D eigenvalue weighted by Crippen LogP contribution is 2.18. The lowest BCUT2D eigenvalue weighted by Crippen LogP contribution is -2.48. The van der Waals surface area contributed by atoms with E-state index < -0.39 is 5.97 Å². The third-order valence-corrected chi connectivity index (χ3v) is 6.12. The Hall–Kier alpha value is -2.92. The molecule has 1 fully saturated rings. The summed E-state index contributed by atoms with van der Waals surface area (Å²) < 4.78 is 2.08. The smallest absolute Gasteiger partial charge is 0.335 e. The van der Waals surface area contributed by atoms with E-state index in [0.29, 0.717) is 0 Å². The van der Waals surface area contributed by atoms with Gasteiger partial charge in [0.05, 0.1) is 10.3 Å². The SMILES string of the molecule is O=C(O)c1ccc(C#Cc2ccc(-[n+]3ccc(N4CCN(C(S)S)CC4)cc3)cc2)cc1. The molecule has 7 heteroatoms. The van der Waals surface area contributed by atoms with Crippen LogP contribution in [-0.2, 0) is 0 Å². The number of carboxylic acid groups (broad SMARTS) is 1. The number of piperazine rings is 1. The Kier molecular flexibility index (Phi) is 7.05. The monoisotopic (exact) mass is 462 g/mol. The van der Waals surface area contributed by atoms with E-state index >= 15 is 0 Å². The Morgan fingerprint density at radius 3 is 1.88 bits per heavy atom. The van der Waals surface area contributed by atoms with E-state index in [0.717, 1.165) is 43.0 Å². The number of pyridine rings is 1. The first kappa shape index (κ1) is 22.3. The first-order chi connectivity index (χ1) is 15.5. The molecule has 0 bridgehead atoms. The van der Waals surface area contributed by atoms with Gasteiger partial charge in [0.1, 0.15) is 0 Å². The van der Waals surface area contributed by atoms with Gasteiger partial charge in [-0.15, -0.1) is 25.3 Å². The van der Waals surface area contributed by atoms with Crippen LogP contribution in [0.5, 0.6) is 0 Å². The second-order valence-corrected chi connectivity index (χ2v) is 8.90. The van der Waals surface area contributed by atoms with Gasteiger partial charge in [-0.05, 0) is 36.4 Å². The number of anilines is 1. The minimum absolute atomic E-state index is 0.000210. The average molecular weight is 463 g/mol. The lowest BCUT2D eigenvalue weighted by Gasteiger charge is -2.37. The van der Waals surface area contributed by atoms with Crippen LogP contribution in [0.25, 0.3) is 5.69 Å². The maximum absolute atomic E-state index is 10.9. The van der Waals surface area contributed by atoms with Gasteiger partial charge in [0.15, 0.2) is 12.4 Å². The fraction of sp³-hybridized carbons (Fsp3) is 0.200. The van der Waals surface area contributed by atoms with Crippen LogP contribution in [-0.4, -0.2) is 46.9 Å². The van der Waals surface area contributed by atoms with E-state index in [2.05, 4.69) is 76.0 Å². The molecule has 1 saturated heterocycles. The number of nitrogens with zero attached hydrogens (tertiary/aromatic N) is 3. The van der Waals surface area contributed by atoms with Crippen molar-refractivity contribution in [1.82, 2.24) is 4.90 Å². The first-order valence-corrected chi connectivity index (χ1v) is 11.4. The molecule has 1 aliphatic rings. The Bertz CT molecular complexity index is 1130. The van der Waals surface area contributed by atoms with E-state index in [9.17, 15) is 4.79 Å². The molecule has 162 valence electrons. The van der Waals surface area contributed by atoms with Crippen LogP contribution in [0.1, 0.15) is 21.5 Å². The number of benzene rings is 2. The predicted molar refractivity (Wildman–Crippen MR) is 133 cm³/mol. The molecular weight excluding hydrogens is 438 g/mol. The van der Waals surface area contributed by atoms with E-state index in [1.807, 2.05) is 24.3 Å². The predicted octanol–water partition coefficient (Wildman–Crippen LogP) is 3.33. The highest BCUT2D eigenvalue weighted by Gasteiger charge is 2.20. The number of carbonyl (C=O) groups is 1. The normalized spacial score (nSPS) is 14.2. The first-order valence-electron chi connectivity index (χ1n) is 10.3. The van der Waals surface area contributed by atoms with Crippen molar-refractivity contribution in [3.8, 4) is 17.5 Å². The van der Waals surface area contributed by atoms with E-state index in [1.165, 1.54) is 5.69 Å². The molecule has 0 spiro atoms. The van der Waals surface area contributed by atoms with Crippen LogP contribution in [0.2, 0.25) is 0 Å². The fourth-order valence-corrected chi connectivity index (χ4v) is 4.03. The summed E-state index contributed by atoms with van der Waals surface area (Å²) in [5.74, 6) is 5.26. The second-order valence-electron chi connectivity index (χ2n) is 7.51. The Morgan fingerprint density at radius 2 is 1.38 bits per heavy atom. The fourth-order valence-electron chi connectivity index (χ4n) is 3.57. The lowest BCUT2D eigenvalue weighted by atomic mass is 10.1. The maximum atomic E-state index is 10.9. The minimum atomic E-state index is -0.937. The quantitative estimate of drug-likeness (QED) is 0.241. The number of aromatic carboxylic acids is 1. The second kappa shape index (κ2) is 10.1. The summed E-state index contributed by atoms with van der Waals surface area (Å²) in [7, 11) is 0. The highest BCUT2D eigenvalue weighted by molar-refractivity contribution is 7.99. The summed E-state index contributed by atoms with van der Waals surface area (Å²) in [5.41, 5.74) is 4.22. The summed E-state index contributed by atoms with van der Waals surface area (Å²) in [6.07, 6.45) is 4.15. The van der Waals surface area contributed by atoms with Gasteiger partial charge in [0.2, 0.25) is 5.69 Å². The maximum Gasteiger partial charge on any atom is 0.335 e. The van der Waals surface area contributed by atoms with Crippen LogP contribution < -0.4 is 9.47 Å². The molecule has 2 heterocycles. The van der Waals surface area contributed by atoms with Crippen molar-refractivity contribution in [2.75, 3.05) is 31.1 Å². The molecule has 2 aromatic carbocycles. The molecule has 0 radical (unpaired) electrons. The van der Waals surface area contributed by atoms with Gasteiger partial charge in [-0.25, -0.2) is 4.79 Å².